The van der Waals surface area contributed by atoms with E-state index in [4.69, 9.17) is 15.4 Å². The second-order valence-electron chi connectivity index (χ2n) is 1.13. The molecule has 0 aliphatic heterocycles. The Hall–Kier alpha value is -0.810. The molecule has 0 spiro atoms. The fourth-order valence-electron chi connectivity index (χ4n) is 0.190. The van der Waals surface area contributed by atoms with Gasteiger partial charge in [-0.2, -0.15) is 5.06 Å². The van der Waals surface area contributed by atoms with Crippen molar-refractivity contribution in [3.63, 3.8) is 0 Å². The predicted molar refractivity (Wildman–Crippen MR) is 23.6 cm³/mol. The molecule has 0 aliphatic carbocycles. The summed E-state index contributed by atoms with van der Waals surface area (Å²) >= 11 is 0. The molecule has 0 unspecified atom stereocenters. The highest BCUT2D eigenvalue weighted by atomic mass is 16.6. The molecule has 8 heavy (non-hydrogen) atoms. The van der Waals surface area contributed by atoms with Gasteiger partial charge < -0.3 is 10.2 Å². The molecule has 48 valence electrons. The zero-order chi connectivity index (χ0) is 6.57. The molecule has 0 saturated carbocycles. The number of hydrogen-bond donors (Lipinski definition) is 3. The van der Waals surface area contributed by atoms with Crippen molar-refractivity contribution in [1.82, 2.24) is 5.06 Å². The fourth-order valence-corrected chi connectivity index (χ4v) is 0.190. The topological polar surface area (TPSA) is 81.0 Å². The lowest BCUT2D eigenvalue weighted by atomic mass is 10.7. The molecule has 0 aromatic heterocycles. The maximum absolute atomic E-state index is 9.65. The minimum atomic E-state index is -1.46. The Labute approximate surface area is 45.7 Å². The van der Waals surface area contributed by atoms with Crippen LogP contribution in [0.5, 0.6) is 0 Å². The van der Waals surface area contributed by atoms with Crippen LogP contribution in [-0.2, 0) is 0 Å². The van der Waals surface area contributed by atoms with E-state index in [0.717, 1.165) is 0 Å². The van der Waals surface area contributed by atoms with E-state index in [9.17, 15) is 4.79 Å². The molecule has 5 heteroatoms. The number of amides is 1. The molecular formula is C3H7NO4. The van der Waals surface area contributed by atoms with Crippen LogP contribution in [0.1, 0.15) is 0 Å². The van der Waals surface area contributed by atoms with E-state index < -0.39 is 6.09 Å². The molecule has 0 rings (SSSR count). The summed E-state index contributed by atoms with van der Waals surface area (Å²) < 4.78 is 0. The van der Waals surface area contributed by atoms with Gasteiger partial charge in [0.25, 0.3) is 0 Å². The third-order valence-electron chi connectivity index (χ3n) is 0.533. The minimum absolute atomic E-state index is 0.0139. The highest BCUT2D eigenvalue weighted by molar-refractivity contribution is 5.63. The Kier molecular flexibility index (Phi) is 2.90. The number of rotatable bonds is 2. The SMILES string of the molecule is O=C(O)N(O)CCO. The minimum Gasteiger partial charge on any atom is -0.463 e. The number of hydroxylamine groups is 2. The van der Waals surface area contributed by atoms with Crippen molar-refractivity contribution in [1.29, 1.82) is 0 Å². The molecule has 0 saturated heterocycles. The third kappa shape index (κ3) is 2.38. The van der Waals surface area contributed by atoms with Crippen LogP contribution < -0.4 is 0 Å². The van der Waals surface area contributed by atoms with E-state index in [2.05, 4.69) is 0 Å². The fraction of sp³-hybridized carbons (Fsp3) is 0.667. The normalized spacial score (nSPS) is 8.75. The molecular weight excluding hydrogens is 114 g/mol. The molecule has 0 atom stereocenters. The van der Waals surface area contributed by atoms with Gasteiger partial charge in [0.05, 0.1) is 13.2 Å². The number of carbonyl (C=O) groups is 1. The smallest absolute Gasteiger partial charge is 0.431 e. The highest BCUT2D eigenvalue weighted by Crippen LogP contribution is 1.78. The number of aliphatic hydroxyl groups is 1. The summed E-state index contributed by atoms with van der Waals surface area (Å²) in [6.07, 6.45) is -1.46. The molecule has 0 heterocycles. The van der Waals surface area contributed by atoms with E-state index in [1.165, 1.54) is 0 Å². The van der Waals surface area contributed by atoms with Gasteiger partial charge in [-0.1, -0.05) is 0 Å². The van der Waals surface area contributed by atoms with E-state index in [-0.39, 0.29) is 18.2 Å². The lowest BCUT2D eigenvalue weighted by Crippen LogP contribution is -2.28. The standard InChI is InChI=1S/C3H7NO4/c5-2-1-4(8)3(6)7/h5,8H,1-2H2,(H,6,7). The molecule has 0 radical (unpaired) electrons. The van der Waals surface area contributed by atoms with Crippen molar-refractivity contribution in [2.75, 3.05) is 13.2 Å². The van der Waals surface area contributed by atoms with E-state index in [0.29, 0.717) is 0 Å². The monoisotopic (exact) mass is 121 g/mol. The molecule has 1 amide bonds. The van der Waals surface area contributed by atoms with Crippen LogP contribution in [0, 0.1) is 0 Å². The van der Waals surface area contributed by atoms with Crippen LogP contribution >= 0.6 is 0 Å². The first-order chi connectivity index (χ1) is 3.68. The number of nitrogens with zero attached hydrogens (tertiary/aromatic N) is 1. The van der Waals surface area contributed by atoms with Gasteiger partial charge in [0, 0.05) is 0 Å². The first kappa shape index (κ1) is 7.19. The van der Waals surface area contributed by atoms with Crippen molar-refractivity contribution in [2.45, 2.75) is 0 Å². The van der Waals surface area contributed by atoms with Gasteiger partial charge in [-0.3, -0.25) is 5.21 Å². The zero-order valence-electron chi connectivity index (χ0n) is 4.11. The Balaban J connectivity index is 3.32. The van der Waals surface area contributed by atoms with Crippen LogP contribution in [0.25, 0.3) is 0 Å². The van der Waals surface area contributed by atoms with Gasteiger partial charge in [0.15, 0.2) is 0 Å². The second-order valence-corrected chi connectivity index (χ2v) is 1.13. The van der Waals surface area contributed by atoms with E-state index >= 15 is 0 Å². The largest absolute Gasteiger partial charge is 0.463 e. The van der Waals surface area contributed by atoms with Gasteiger partial charge in [-0.05, 0) is 0 Å². The van der Waals surface area contributed by atoms with Crippen molar-refractivity contribution in [2.24, 2.45) is 0 Å². The molecule has 0 aromatic carbocycles. The highest BCUT2D eigenvalue weighted by Gasteiger charge is 2.03. The second kappa shape index (κ2) is 3.23. The van der Waals surface area contributed by atoms with Crippen LogP contribution in [0.15, 0.2) is 0 Å². The van der Waals surface area contributed by atoms with Crippen molar-refractivity contribution >= 4 is 6.09 Å². The summed E-state index contributed by atoms with van der Waals surface area (Å²) in [4.78, 5) is 9.65. The Morgan fingerprint density at radius 1 is 1.62 bits per heavy atom. The first-order valence-corrected chi connectivity index (χ1v) is 1.98. The molecule has 5 nitrogen and oxygen atoms in total. The Bertz CT molecular complexity index is 83.4. The Morgan fingerprint density at radius 3 is 2.25 bits per heavy atom. The molecule has 0 bridgehead atoms. The van der Waals surface area contributed by atoms with Gasteiger partial charge in [0.2, 0.25) is 0 Å². The molecule has 3 N–H and O–H groups in total. The quantitative estimate of drug-likeness (QED) is 0.335. The number of carboxylic acid groups (broad SMARTS) is 1. The zero-order valence-corrected chi connectivity index (χ0v) is 4.11. The summed E-state index contributed by atoms with van der Waals surface area (Å²) in [5, 5.41) is 24.1. The van der Waals surface area contributed by atoms with Crippen LogP contribution in [-0.4, -0.2) is 39.7 Å². The van der Waals surface area contributed by atoms with E-state index in [1.807, 2.05) is 0 Å². The van der Waals surface area contributed by atoms with Crippen LogP contribution in [0.2, 0.25) is 0 Å². The van der Waals surface area contributed by atoms with Crippen LogP contribution in [0.3, 0.4) is 0 Å². The first-order valence-electron chi connectivity index (χ1n) is 1.98. The average molecular weight is 121 g/mol. The summed E-state index contributed by atoms with van der Waals surface area (Å²) in [7, 11) is 0. The molecule has 0 aromatic rings. The maximum atomic E-state index is 9.65. The van der Waals surface area contributed by atoms with Crippen LogP contribution in [0.4, 0.5) is 4.79 Å². The number of aliphatic hydroxyl groups excluding tert-OH is 1. The van der Waals surface area contributed by atoms with Gasteiger partial charge in [-0.15, -0.1) is 0 Å². The summed E-state index contributed by atoms with van der Waals surface area (Å²) in [6.45, 7) is -0.641. The summed E-state index contributed by atoms with van der Waals surface area (Å²) in [5.41, 5.74) is 0. The van der Waals surface area contributed by atoms with E-state index in [1.54, 1.807) is 0 Å². The van der Waals surface area contributed by atoms with Crippen molar-refractivity contribution in [3.05, 3.63) is 0 Å². The maximum Gasteiger partial charge on any atom is 0.431 e. The predicted octanol–water partition coefficient (Wildman–Crippen LogP) is -0.652. The van der Waals surface area contributed by atoms with Gasteiger partial charge >= 0.3 is 6.09 Å². The lowest BCUT2D eigenvalue weighted by Gasteiger charge is -2.06. The van der Waals surface area contributed by atoms with Crippen molar-refractivity contribution in [3.8, 4) is 0 Å². The lowest BCUT2D eigenvalue weighted by molar-refractivity contribution is -0.0712. The average Bonchev–Trinajstić information content (AvgIpc) is 1.67. The van der Waals surface area contributed by atoms with Gasteiger partial charge in [0.1, 0.15) is 0 Å². The third-order valence-corrected chi connectivity index (χ3v) is 0.533. The van der Waals surface area contributed by atoms with Gasteiger partial charge in [-0.25, -0.2) is 4.79 Å². The Morgan fingerprint density at radius 2 is 2.12 bits per heavy atom. The molecule has 0 aliphatic rings. The summed E-state index contributed by atoms with van der Waals surface area (Å²) in [5.74, 6) is 0. The van der Waals surface area contributed by atoms with Crippen molar-refractivity contribution < 1.29 is 20.2 Å². The number of hydrogen-bond acceptors (Lipinski definition) is 3. The molecule has 0 fully saturated rings. The summed E-state index contributed by atoms with van der Waals surface area (Å²) in [6, 6.07) is 0.